The normalized spacial score (nSPS) is 18.1. The highest BCUT2D eigenvalue weighted by Crippen LogP contribution is 2.30. The Balaban J connectivity index is 0.00000242. The van der Waals surface area contributed by atoms with Crippen LogP contribution in [0.15, 0.2) is 24.3 Å². The summed E-state index contributed by atoms with van der Waals surface area (Å²) in [5.41, 5.74) is 7.84. The molecule has 1 aromatic carbocycles. The second-order valence-electron chi connectivity index (χ2n) is 5.89. The van der Waals surface area contributed by atoms with E-state index in [-0.39, 0.29) is 24.4 Å². The monoisotopic (exact) mass is 326 g/mol. The van der Waals surface area contributed by atoms with Crippen LogP contribution in [-0.2, 0) is 16.0 Å². The van der Waals surface area contributed by atoms with Crippen molar-refractivity contribution >= 4 is 18.3 Å². The second-order valence-corrected chi connectivity index (χ2v) is 5.89. The lowest BCUT2D eigenvalue weighted by molar-refractivity contribution is -0.136. The average Bonchev–Trinajstić information content (AvgIpc) is 2.55. The highest BCUT2D eigenvalue weighted by atomic mass is 35.5. The summed E-state index contributed by atoms with van der Waals surface area (Å²) in [6.07, 6.45) is 2.44. The third-order valence-corrected chi connectivity index (χ3v) is 4.56. The maximum Gasteiger partial charge on any atom is 0.228 e. The highest BCUT2D eigenvalue weighted by Gasteiger charge is 2.39. The standard InChI is InChI=1S/C17H26N2O2.ClH/c1-3-14-4-6-15(7-5-14)13(2)19-16(20)17(12-18)8-10-21-11-9-17;/h4-7,13H,3,8-12,18H2,1-2H3,(H,19,20);1H. The van der Waals surface area contributed by atoms with Gasteiger partial charge < -0.3 is 15.8 Å². The molecule has 1 heterocycles. The van der Waals surface area contributed by atoms with E-state index >= 15 is 0 Å². The van der Waals surface area contributed by atoms with Crippen molar-refractivity contribution in [2.45, 2.75) is 39.2 Å². The van der Waals surface area contributed by atoms with Gasteiger partial charge >= 0.3 is 0 Å². The molecular formula is C17H27ClN2O2. The lowest BCUT2D eigenvalue weighted by Gasteiger charge is -2.35. The van der Waals surface area contributed by atoms with E-state index in [1.807, 2.05) is 6.92 Å². The average molecular weight is 327 g/mol. The Hall–Kier alpha value is -1.10. The number of hydrogen-bond acceptors (Lipinski definition) is 3. The minimum atomic E-state index is -0.462. The van der Waals surface area contributed by atoms with E-state index in [9.17, 15) is 4.79 Å². The summed E-state index contributed by atoms with van der Waals surface area (Å²) in [7, 11) is 0. The second kappa shape index (κ2) is 8.51. The van der Waals surface area contributed by atoms with E-state index in [1.165, 1.54) is 5.56 Å². The molecule has 5 heteroatoms. The molecule has 124 valence electrons. The molecule has 4 nitrogen and oxygen atoms in total. The SMILES string of the molecule is CCc1ccc(C(C)NC(=O)C2(CN)CCOCC2)cc1.Cl. The number of hydrogen-bond donors (Lipinski definition) is 2. The zero-order valence-electron chi connectivity index (χ0n) is 13.4. The minimum absolute atomic E-state index is 0. The van der Waals surface area contributed by atoms with Crippen LogP contribution in [0.1, 0.15) is 43.9 Å². The number of nitrogens with one attached hydrogen (secondary N) is 1. The van der Waals surface area contributed by atoms with E-state index in [2.05, 4.69) is 36.5 Å². The lowest BCUT2D eigenvalue weighted by atomic mass is 9.79. The molecule has 1 atom stereocenters. The summed E-state index contributed by atoms with van der Waals surface area (Å²) in [6.45, 7) is 5.76. The van der Waals surface area contributed by atoms with E-state index in [1.54, 1.807) is 0 Å². The van der Waals surface area contributed by atoms with Gasteiger partial charge in [-0.3, -0.25) is 4.79 Å². The van der Waals surface area contributed by atoms with Crippen molar-refractivity contribution in [3.63, 3.8) is 0 Å². The van der Waals surface area contributed by atoms with Crippen molar-refractivity contribution in [3.8, 4) is 0 Å². The molecule has 0 aromatic heterocycles. The lowest BCUT2D eigenvalue weighted by Crippen LogP contribution is -2.49. The predicted octanol–water partition coefficient (Wildman–Crippen LogP) is 2.60. The first-order chi connectivity index (χ1) is 10.1. The molecule has 0 bridgehead atoms. The Morgan fingerprint density at radius 3 is 2.41 bits per heavy atom. The van der Waals surface area contributed by atoms with Crippen LogP contribution in [0, 0.1) is 5.41 Å². The molecular weight excluding hydrogens is 300 g/mol. The Kier molecular flexibility index (Phi) is 7.33. The zero-order valence-corrected chi connectivity index (χ0v) is 14.2. The van der Waals surface area contributed by atoms with Crippen molar-refractivity contribution in [1.29, 1.82) is 0 Å². The molecule has 1 fully saturated rings. The molecule has 1 saturated heterocycles. The zero-order chi connectivity index (χ0) is 15.3. The number of benzene rings is 1. The first-order valence-electron chi connectivity index (χ1n) is 7.79. The Morgan fingerprint density at radius 2 is 1.91 bits per heavy atom. The first kappa shape index (κ1) is 18.9. The van der Waals surface area contributed by atoms with Crippen LogP contribution in [0.3, 0.4) is 0 Å². The molecule has 1 aromatic rings. The fraction of sp³-hybridized carbons (Fsp3) is 0.588. The van der Waals surface area contributed by atoms with Gasteiger partial charge in [-0.2, -0.15) is 0 Å². The number of rotatable bonds is 5. The number of halogens is 1. The van der Waals surface area contributed by atoms with Gasteiger partial charge in [0.15, 0.2) is 0 Å². The number of amides is 1. The molecule has 22 heavy (non-hydrogen) atoms. The van der Waals surface area contributed by atoms with Crippen molar-refractivity contribution in [1.82, 2.24) is 5.32 Å². The highest BCUT2D eigenvalue weighted by molar-refractivity contribution is 5.85. The van der Waals surface area contributed by atoms with Gasteiger partial charge in [-0.1, -0.05) is 31.2 Å². The molecule has 1 aliphatic rings. The van der Waals surface area contributed by atoms with Gasteiger partial charge in [-0.15, -0.1) is 12.4 Å². The largest absolute Gasteiger partial charge is 0.381 e. The summed E-state index contributed by atoms with van der Waals surface area (Å²) < 4.78 is 5.36. The van der Waals surface area contributed by atoms with Gasteiger partial charge in [0.05, 0.1) is 11.5 Å². The van der Waals surface area contributed by atoms with Gasteiger partial charge in [0.1, 0.15) is 0 Å². The molecule has 1 unspecified atom stereocenters. The third-order valence-electron chi connectivity index (χ3n) is 4.56. The van der Waals surface area contributed by atoms with E-state index < -0.39 is 5.41 Å². The van der Waals surface area contributed by atoms with Crippen LogP contribution in [0.25, 0.3) is 0 Å². The Labute approximate surface area is 139 Å². The predicted molar refractivity (Wildman–Crippen MR) is 91.2 cm³/mol. The molecule has 0 spiro atoms. The van der Waals surface area contributed by atoms with Gasteiger partial charge in [-0.05, 0) is 37.3 Å². The van der Waals surface area contributed by atoms with Gasteiger partial charge in [0.25, 0.3) is 0 Å². The molecule has 1 aliphatic heterocycles. The summed E-state index contributed by atoms with van der Waals surface area (Å²) in [5, 5.41) is 3.12. The number of carbonyl (C=O) groups excluding carboxylic acids is 1. The van der Waals surface area contributed by atoms with E-state index in [4.69, 9.17) is 10.5 Å². The maximum absolute atomic E-state index is 12.6. The fourth-order valence-electron chi connectivity index (χ4n) is 2.76. The van der Waals surface area contributed by atoms with E-state index in [0.717, 1.165) is 12.0 Å². The Bertz CT molecular complexity index is 470. The van der Waals surface area contributed by atoms with Crippen LogP contribution in [0.5, 0.6) is 0 Å². The molecule has 2 rings (SSSR count). The van der Waals surface area contributed by atoms with E-state index in [0.29, 0.717) is 32.6 Å². The first-order valence-corrected chi connectivity index (χ1v) is 7.79. The summed E-state index contributed by atoms with van der Waals surface area (Å²) in [5.74, 6) is 0.0559. The molecule has 0 radical (unpaired) electrons. The molecule has 3 N–H and O–H groups in total. The van der Waals surface area contributed by atoms with Crippen molar-refractivity contribution in [2.75, 3.05) is 19.8 Å². The van der Waals surface area contributed by atoms with Crippen LogP contribution in [-0.4, -0.2) is 25.7 Å². The van der Waals surface area contributed by atoms with Crippen LogP contribution in [0.4, 0.5) is 0 Å². The number of ether oxygens (including phenoxy) is 1. The topological polar surface area (TPSA) is 64.4 Å². The van der Waals surface area contributed by atoms with Crippen LogP contribution in [0.2, 0.25) is 0 Å². The van der Waals surface area contributed by atoms with Gasteiger partial charge in [0.2, 0.25) is 5.91 Å². The van der Waals surface area contributed by atoms with Gasteiger partial charge in [0, 0.05) is 19.8 Å². The summed E-state index contributed by atoms with van der Waals surface area (Å²) >= 11 is 0. The molecule has 0 aliphatic carbocycles. The molecule has 1 amide bonds. The fourth-order valence-corrected chi connectivity index (χ4v) is 2.76. The third kappa shape index (κ3) is 4.22. The molecule has 0 saturated carbocycles. The van der Waals surface area contributed by atoms with Crippen molar-refractivity contribution < 1.29 is 9.53 Å². The Morgan fingerprint density at radius 1 is 1.32 bits per heavy atom. The van der Waals surface area contributed by atoms with Crippen LogP contribution < -0.4 is 11.1 Å². The maximum atomic E-state index is 12.6. The number of aryl methyl sites for hydroxylation is 1. The van der Waals surface area contributed by atoms with Crippen molar-refractivity contribution in [3.05, 3.63) is 35.4 Å². The summed E-state index contributed by atoms with van der Waals surface area (Å²) in [6, 6.07) is 8.40. The van der Waals surface area contributed by atoms with Crippen LogP contribution >= 0.6 is 12.4 Å². The quantitative estimate of drug-likeness (QED) is 0.874. The number of carbonyl (C=O) groups is 1. The minimum Gasteiger partial charge on any atom is -0.381 e. The summed E-state index contributed by atoms with van der Waals surface area (Å²) in [4.78, 5) is 12.6. The van der Waals surface area contributed by atoms with Gasteiger partial charge in [-0.25, -0.2) is 0 Å². The smallest absolute Gasteiger partial charge is 0.228 e. The van der Waals surface area contributed by atoms with Crippen molar-refractivity contribution in [2.24, 2.45) is 11.1 Å². The number of nitrogens with two attached hydrogens (primary N) is 1.